The molecule has 5 rings (SSSR count). The summed E-state index contributed by atoms with van der Waals surface area (Å²) in [6, 6.07) is 10.7. The standard InChI is InChI=1S/C25H23F2N5O2/c1-34-23-7-4-14(8-20(23)27)18-12-31(13-24(33)32-17-5-6-22(32)21(29)10-17)30-25(18)15-2-3-16(11-28)19(26)9-15/h2-4,7-9,12,17,21-22H,5-6,10,13,29H2,1H3. The Morgan fingerprint density at radius 1 is 1.21 bits per heavy atom. The van der Waals surface area contributed by atoms with Crippen LogP contribution >= 0.6 is 0 Å². The zero-order valence-electron chi connectivity index (χ0n) is 18.5. The van der Waals surface area contributed by atoms with Gasteiger partial charge in [0.2, 0.25) is 5.91 Å². The number of fused-ring (bicyclic) bond motifs is 2. The summed E-state index contributed by atoms with van der Waals surface area (Å²) in [7, 11) is 1.38. The summed E-state index contributed by atoms with van der Waals surface area (Å²) in [6.07, 6.45) is 4.32. The minimum Gasteiger partial charge on any atom is -0.494 e. The van der Waals surface area contributed by atoms with Gasteiger partial charge in [-0.05, 0) is 49.1 Å². The fourth-order valence-electron chi connectivity index (χ4n) is 5.16. The van der Waals surface area contributed by atoms with Crippen LogP contribution < -0.4 is 10.5 Å². The summed E-state index contributed by atoms with van der Waals surface area (Å²) in [4.78, 5) is 15.0. The number of methoxy groups -OCH3 is 1. The molecule has 34 heavy (non-hydrogen) atoms. The molecular weight excluding hydrogens is 440 g/mol. The topological polar surface area (TPSA) is 97.2 Å². The Morgan fingerprint density at radius 2 is 1.97 bits per heavy atom. The van der Waals surface area contributed by atoms with E-state index in [9.17, 15) is 13.6 Å². The van der Waals surface area contributed by atoms with E-state index in [1.807, 2.05) is 4.90 Å². The second-order valence-electron chi connectivity index (χ2n) is 8.74. The Balaban J connectivity index is 1.53. The summed E-state index contributed by atoms with van der Waals surface area (Å²) in [5, 5.41) is 13.6. The van der Waals surface area contributed by atoms with Gasteiger partial charge in [0.25, 0.3) is 0 Å². The Hall–Kier alpha value is -3.77. The normalized spacial score (nSPS) is 21.0. The number of amides is 1. The number of aromatic nitrogens is 2. The van der Waals surface area contributed by atoms with Gasteiger partial charge in [0.05, 0.1) is 12.7 Å². The van der Waals surface area contributed by atoms with Crippen LogP contribution in [-0.4, -0.2) is 45.8 Å². The SMILES string of the molecule is COc1ccc(-c2cn(CC(=O)N3C4CCC3C(N)C4)nc2-c2ccc(C#N)c(F)c2)cc1F. The first-order chi connectivity index (χ1) is 16.4. The maximum Gasteiger partial charge on any atom is 0.244 e. The molecule has 174 valence electrons. The van der Waals surface area contributed by atoms with Crippen LogP contribution in [0.2, 0.25) is 0 Å². The molecule has 2 N–H and O–H groups in total. The summed E-state index contributed by atoms with van der Waals surface area (Å²) >= 11 is 0. The highest BCUT2D eigenvalue weighted by Crippen LogP contribution is 2.38. The average molecular weight is 463 g/mol. The highest BCUT2D eigenvalue weighted by atomic mass is 19.1. The van der Waals surface area contributed by atoms with E-state index in [2.05, 4.69) is 5.10 Å². The van der Waals surface area contributed by atoms with Crippen LogP contribution in [0.15, 0.2) is 42.6 Å². The molecule has 9 heteroatoms. The Bertz CT molecular complexity index is 1320. The first-order valence-electron chi connectivity index (χ1n) is 11.1. The molecule has 3 aromatic rings. The quantitative estimate of drug-likeness (QED) is 0.625. The number of nitriles is 1. The van der Waals surface area contributed by atoms with Crippen molar-refractivity contribution in [2.75, 3.05) is 7.11 Å². The third kappa shape index (κ3) is 3.70. The molecule has 0 aliphatic carbocycles. The first kappa shape index (κ1) is 22.0. The average Bonchev–Trinajstić information content (AvgIpc) is 3.51. The number of benzene rings is 2. The van der Waals surface area contributed by atoms with Crippen LogP contribution in [-0.2, 0) is 11.3 Å². The van der Waals surface area contributed by atoms with Crippen molar-refractivity contribution in [3.8, 4) is 34.2 Å². The van der Waals surface area contributed by atoms with Crippen LogP contribution in [0.25, 0.3) is 22.4 Å². The highest BCUT2D eigenvalue weighted by molar-refractivity contribution is 5.82. The van der Waals surface area contributed by atoms with Crippen molar-refractivity contribution in [3.63, 3.8) is 0 Å². The van der Waals surface area contributed by atoms with Crippen LogP contribution in [0.4, 0.5) is 8.78 Å². The van der Waals surface area contributed by atoms with E-state index in [1.54, 1.807) is 24.4 Å². The van der Waals surface area contributed by atoms with Crippen molar-refractivity contribution in [1.82, 2.24) is 14.7 Å². The summed E-state index contributed by atoms with van der Waals surface area (Å²) in [6.45, 7) is -0.00980. The minimum absolute atomic E-state index is 0.00431. The van der Waals surface area contributed by atoms with Crippen molar-refractivity contribution >= 4 is 5.91 Å². The number of ether oxygens (including phenoxy) is 1. The Labute approximate surface area is 195 Å². The molecular formula is C25H23F2N5O2. The molecule has 0 spiro atoms. The predicted octanol–water partition coefficient (Wildman–Crippen LogP) is 3.47. The molecule has 0 radical (unpaired) electrons. The van der Waals surface area contributed by atoms with Crippen LogP contribution in [0.1, 0.15) is 24.8 Å². The number of carbonyl (C=O) groups is 1. The highest BCUT2D eigenvalue weighted by Gasteiger charge is 2.46. The van der Waals surface area contributed by atoms with Crippen molar-refractivity contribution in [2.24, 2.45) is 5.73 Å². The maximum absolute atomic E-state index is 14.5. The second kappa shape index (κ2) is 8.54. The second-order valence-corrected chi connectivity index (χ2v) is 8.74. The van der Waals surface area contributed by atoms with E-state index in [0.29, 0.717) is 22.4 Å². The monoisotopic (exact) mass is 463 g/mol. The number of rotatable bonds is 5. The Kier molecular flexibility index (Phi) is 5.54. The summed E-state index contributed by atoms with van der Waals surface area (Å²) in [5.41, 5.74) is 7.91. The van der Waals surface area contributed by atoms with E-state index in [1.165, 1.54) is 36.1 Å². The number of hydrogen-bond acceptors (Lipinski definition) is 5. The molecule has 2 aliphatic rings. The molecule has 2 bridgehead atoms. The van der Waals surface area contributed by atoms with Gasteiger partial charge in [-0.2, -0.15) is 10.4 Å². The molecule has 3 heterocycles. The predicted molar refractivity (Wildman–Crippen MR) is 121 cm³/mol. The lowest BCUT2D eigenvalue weighted by Gasteiger charge is -2.22. The molecule has 0 saturated carbocycles. The van der Waals surface area contributed by atoms with Gasteiger partial charge < -0.3 is 15.4 Å². The molecule has 2 aromatic carbocycles. The fraction of sp³-hybridized carbons (Fsp3) is 0.320. The third-order valence-electron chi connectivity index (χ3n) is 6.76. The number of nitrogens with zero attached hydrogens (tertiary/aromatic N) is 4. The smallest absolute Gasteiger partial charge is 0.244 e. The lowest BCUT2D eigenvalue weighted by Crippen LogP contribution is -2.41. The summed E-state index contributed by atoms with van der Waals surface area (Å²) < 4.78 is 35.3. The Morgan fingerprint density at radius 3 is 2.59 bits per heavy atom. The molecule has 3 atom stereocenters. The lowest BCUT2D eigenvalue weighted by molar-refractivity contribution is -0.133. The van der Waals surface area contributed by atoms with Crippen molar-refractivity contribution < 1.29 is 18.3 Å². The first-order valence-corrected chi connectivity index (χ1v) is 11.1. The van der Waals surface area contributed by atoms with E-state index in [0.717, 1.165) is 19.3 Å². The van der Waals surface area contributed by atoms with Gasteiger partial charge in [0.15, 0.2) is 11.6 Å². The van der Waals surface area contributed by atoms with Crippen molar-refractivity contribution in [2.45, 2.75) is 43.9 Å². The van der Waals surface area contributed by atoms with Gasteiger partial charge in [-0.1, -0.05) is 12.1 Å². The van der Waals surface area contributed by atoms with Crippen LogP contribution in [0.5, 0.6) is 5.75 Å². The molecule has 2 fully saturated rings. The fourth-order valence-corrected chi connectivity index (χ4v) is 5.16. The van der Waals surface area contributed by atoms with Gasteiger partial charge in [-0.15, -0.1) is 0 Å². The van der Waals surface area contributed by atoms with E-state index in [-0.39, 0.29) is 41.9 Å². The molecule has 2 saturated heterocycles. The van der Waals surface area contributed by atoms with Gasteiger partial charge >= 0.3 is 0 Å². The minimum atomic E-state index is -0.680. The molecule has 2 aliphatic heterocycles. The molecule has 1 aromatic heterocycles. The van der Waals surface area contributed by atoms with Crippen molar-refractivity contribution in [1.29, 1.82) is 5.26 Å². The van der Waals surface area contributed by atoms with Gasteiger partial charge in [-0.25, -0.2) is 8.78 Å². The summed E-state index contributed by atoms with van der Waals surface area (Å²) in [5.74, 6) is -1.21. The van der Waals surface area contributed by atoms with E-state index in [4.69, 9.17) is 15.7 Å². The van der Waals surface area contributed by atoms with E-state index >= 15 is 0 Å². The number of nitrogens with two attached hydrogens (primary N) is 1. The number of halogens is 2. The van der Waals surface area contributed by atoms with Crippen LogP contribution in [0, 0.1) is 23.0 Å². The van der Waals surface area contributed by atoms with Gasteiger partial charge in [0, 0.05) is 35.4 Å². The molecule has 3 unspecified atom stereocenters. The maximum atomic E-state index is 14.5. The van der Waals surface area contributed by atoms with Gasteiger partial charge in [0.1, 0.15) is 24.1 Å². The molecule has 7 nitrogen and oxygen atoms in total. The van der Waals surface area contributed by atoms with Gasteiger partial charge in [-0.3, -0.25) is 9.48 Å². The molecule has 1 amide bonds. The third-order valence-corrected chi connectivity index (χ3v) is 6.76. The zero-order valence-corrected chi connectivity index (χ0v) is 18.5. The number of carbonyl (C=O) groups excluding carboxylic acids is 1. The van der Waals surface area contributed by atoms with Crippen LogP contribution in [0.3, 0.4) is 0 Å². The van der Waals surface area contributed by atoms with E-state index < -0.39 is 11.6 Å². The largest absolute Gasteiger partial charge is 0.494 e. The number of hydrogen-bond donors (Lipinski definition) is 1. The van der Waals surface area contributed by atoms with Crippen molar-refractivity contribution in [3.05, 3.63) is 59.8 Å². The lowest BCUT2D eigenvalue weighted by atomic mass is 9.97. The zero-order chi connectivity index (χ0) is 24.0.